The van der Waals surface area contributed by atoms with E-state index in [0.29, 0.717) is 29.6 Å². The standard InChI is InChI=1S/C24H32FN3O3/c1-27(24(29)26-22-15-21(30-2)10-11-23(22)31-3)16-19-5-4-13-28(17-19)14-12-18-6-8-20(25)9-7-18/h6-11,15,19H,4-5,12-14,16-17H2,1-3H3,(H,26,29)/t19-/m0/s1. The van der Waals surface area contributed by atoms with E-state index in [9.17, 15) is 9.18 Å². The zero-order valence-corrected chi connectivity index (χ0v) is 18.6. The number of anilines is 1. The number of rotatable bonds is 8. The number of hydrogen-bond donors (Lipinski definition) is 1. The summed E-state index contributed by atoms with van der Waals surface area (Å²) in [6.45, 7) is 3.65. The first-order valence-corrected chi connectivity index (χ1v) is 10.7. The number of ether oxygens (including phenoxy) is 2. The quantitative estimate of drug-likeness (QED) is 0.681. The van der Waals surface area contributed by atoms with Crippen molar-refractivity contribution >= 4 is 11.7 Å². The second-order valence-electron chi connectivity index (χ2n) is 8.06. The molecule has 0 bridgehead atoms. The number of hydrogen-bond acceptors (Lipinski definition) is 4. The molecule has 1 saturated heterocycles. The highest BCUT2D eigenvalue weighted by Gasteiger charge is 2.23. The maximum absolute atomic E-state index is 13.1. The molecule has 0 aliphatic carbocycles. The van der Waals surface area contributed by atoms with Gasteiger partial charge in [0.2, 0.25) is 0 Å². The van der Waals surface area contributed by atoms with E-state index in [2.05, 4.69) is 10.2 Å². The van der Waals surface area contributed by atoms with Crippen molar-refractivity contribution < 1.29 is 18.7 Å². The predicted molar refractivity (Wildman–Crippen MR) is 120 cm³/mol. The van der Waals surface area contributed by atoms with Crippen LogP contribution in [0.25, 0.3) is 0 Å². The van der Waals surface area contributed by atoms with Crippen molar-refractivity contribution in [3.8, 4) is 11.5 Å². The van der Waals surface area contributed by atoms with Gasteiger partial charge in [-0.25, -0.2) is 9.18 Å². The Kier molecular flexibility index (Phi) is 8.12. The van der Waals surface area contributed by atoms with Gasteiger partial charge < -0.3 is 24.6 Å². The van der Waals surface area contributed by atoms with Gasteiger partial charge in [-0.05, 0) is 61.6 Å². The maximum atomic E-state index is 13.1. The number of likely N-dealkylation sites (tertiary alicyclic amines) is 1. The molecule has 1 heterocycles. The molecular weight excluding hydrogens is 397 g/mol. The molecule has 6 nitrogen and oxygen atoms in total. The third-order valence-electron chi connectivity index (χ3n) is 5.76. The monoisotopic (exact) mass is 429 g/mol. The van der Waals surface area contributed by atoms with Crippen molar-refractivity contribution in [2.75, 3.05) is 52.8 Å². The molecule has 7 heteroatoms. The van der Waals surface area contributed by atoms with E-state index in [-0.39, 0.29) is 11.8 Å². The minimum atomic E-state index is -0.199. The number of urea groups is 1. The number of piperidine rings is 1. The summed E-state index contributed by atoms with van der Waals surface area (Å²) in [7, 11) is 4.98. The lowest BCUT2D eigenvalue weighted by molar-refractivity contribution is 0.150. The summed E-state index contributed by atoms with van der Waals surface area (Å²) in [5.41, 5.74) is 1.73. The lowest BCUT2D eigenvalue weighted by atomic mass is 9.97. The van der Waals surface area contributed by atoms with Crippen LogP contribution >= 0.6 is 0 Å². The van der Waals surface area contributed by atoms with Crippen molar-refractivity contribution in [2.24, 2.45) is 5.92 Å². The van der Waals surface area contributed by atoms with Crippen molar-refractivity contribution in [1.82, 2.24) is 9.80 Å². The Morgan fingerprint density at radius 2 is 1.97 bits per heavy atom. The van der Waals surface area contributed by atoms with E-state index < -0.39 is 0 Å². The fourth-order valence-corrected chi connectivity index (χ4v) is 4.03. The predicted octanol–water partition coefficient (Wildman–Crippen LogP) is 4.26. The van der Waals surface area contributed by atoms with Crippen LogP contribution in [0.5, 0.6) is 11.5 Å². The van der Waals surface area contributed by atoms with Crippen LogP contribution in [0, 0.1) is 11.7 Å². The van der Waals surface area contributed by atoms with Crippen LogP contribution in [0.4, 0.5) is 14.9 Å². The summed E-state index contributed by atoms with van der Waals surface area (Å²) in [6, 6.07) is 11.9. The van der Waals surface area contributed by atoms with Crippen LogP contribution < -0.4 is 14.8 Å². The number of nitrogens with one attached hydrogen (secondary N) is 1. The molecule has 1 N–H and O–H groups in total. The first-order chi connectivity index (χ1) is 15.0. The number of methoxy groups -OCH3 is 2. The van der Waals surface area contributed by atoms with Gasteiger partial charge in [0.15, 0.2) is 0 Å². The summed E-state index contributed by atoms with van der Waals surface area (Å²) in [6.07, 6.45) is 3.12. The van der Waals surface area contributed by atoms with E-state index in [1.54, 1.807) is 37.3 Å². The van der Waals surface area contributed by atoms with Crippen LogP contribution in [0.3, 0.4) is 0 Å². The molecule has 0 aromatic heterocycles. The van der Waals surface area contributed by atoms with E-state index in [1.807, 2.05) is 19.2 Å². The molecule has 1 atom stereocenters. The van der Waals surface area contributed by atoms with Gasteiger partial charge in [0.05, 0.1) is 19.9 Å². The summed E-state index contributed by atoms with van der Waals surface area (Å²) in [5.74, 6) is 1.47. The number of carbonyl (C=O) groups is 1. The average molecular weight is 430 g/mol. The molecule has 1 fully saturated rings. The van der Waals surface area contributed by atoms with E-state index in [0.717, 1.165) is 44.5 Å². The Balaban J connectivity index is 1.50. The van der Waals surface area contributed by atoms with Gasteiger partial charge in [-0.1, -0.05) is 12.1 Å². The molecule has 31 heavy (non-hydrogen) atoms. The van der Waals surface area contributed by atoms with Crippen molar-refractivity contribution in [1.29, 1.82) is 0 Å². The Bertz CT molecular complexity index is 860. The second-order valence-corrected chi connectivity index (χ2v) is 8.06. The molecule has 1 aliphatic rings. The van der Waals surface area contributed by atoms with Crippen molar-refractivity contribution in [3.05, 3.63) is 53.8 Å². The molecular formula is C24H32FN3O3. The average Bonchev–Trinajstić information content (AvgIpc) is 2.78. The minimum absolute atomic E-state index is 0.171. The van der Waals surface area contributed by atoms with E-state index in [1.165, 1.54) is 12.1 Å². The van der Waals surface area contributed by atoms with E-state index in [4.69, 9.17) is 9.47 Å². The fourth-order valence-electron chi connectivity index (χ4n) is 4.03. The summed E-state index contributed by atoms with van der Waals surface area (Å²) >= 11 is 0. The van der Waals surface area contributed by atoms with Crippen LogP contribution in [-0.4, -0.2) is 63.3 Å². The van der Waals surface area contributed by atoms with Crippen LogP contribution in [0.15, 0.2) is 42.5 Å². The summed E-state index contributed by atoms with van der Waals surface area (Å²) in [5, 5.41) is 2.93. The molecule has 0 unspecified atom stereocenters. The number of nitrogens with zero attached hydrogens (tertiary/aromatic N) is 2. The molecule has 0 saturated carbocycles. The van der Waals surface area contributed by atoms with Gasteiger partial charge in [0.25, 0.3) is 0 Å². The molecule has 0 spiro atoms. The van der Waals surface area contributed by atoms with Gasteiger partial charge in [0.1, 0.15) is 17.3 Å². The molecule has 2 amide bonds. The first-order valence-electron chi connectivity index (χ1n) is 10.7. The zero-order chi connectivity index (χ0) is 22.2. The SMILES string of the molecule is COc1ccc(OC)c(NC(=O)N(C)C[C@@H]2CCCN(CCc3ccc(F)cc3)C2)c1. The Morgan fingerprint density at radius 3 is 2.68 bits per heavy atom. The number of halogens is 1. The highest BCUT2D eigenvalue weighted by atomic mass is 19.1. The maximum Gasteiger partial charge on any atom is 0.321 e. The molecule has 1 aliphatic heterocycles. The van der Waals surface area contributed by atoms with Gasteiger partial charge >= 0.3 is 6.03 Å². The Labute approximate surface area is 183 Å². The molecule has 2 aromatic rings. The normalized spacial score (nSPS) is 16.6. The molecule has 3 rings (SSSR count). The number of amides is 2. The molecule has 2 aromatic carbocycles. The highest BCUT2D eigenvalue weighted by Crippen LogP contribution is 2.29. The zero-order valence-electron chi connectivity index (χ0n) is 18.6. The lowest BCUT2D eigenvalue weighted by Crippen LogP contribution is -2.43. The van der Waals surface area contributed by atoms with Crippen molar-refractivity contribution in [3.63, 3.8) is 0 Å². The first kappa shape index (κ1) is 22.9. The van der Waals surface area contributed by atoms with E-state index >= 15 is 0 Å². The Morgan fingerprint density at radius 1 is 1.19 bits per heavy atom. The lowest BCUT2D eigenvalue weighted by Gasteiger charge is -2.34. The van der Waals surface area contributed by atoms with Crippen LogP contribution in [0.1, 0.15) is 18.4 Å². The molecule has 0 radical (unpaired) electrons. The molecule has 168 valence electrons. The van der Waals surface area contributed by atoms with Crippen LogP contribution in [0.2, 0.25) is 0 Å². The van der Waals surface area contributed by atoms with Gasteiger partial charge in [-0.3, -0.25) is 0 Å². The third-order valence-corrected chi connectivity index (χ3v) is 5.76. The smallest absolute Gasteiger partial charge is 0.321 e. The highest BCUT2D eigenvalue weighted by molar-refractivity contribution is 5.91. The topological polar surface area (TPSA) is 54.0 Å². The number of benzene rings is 2. The van der Waals surface area contributed by atoms with Crippen LogP contribution in [-0.2, 0) is 6.42 Å². The third kappa shape index (κ3) is 6.59. The van der Waals surface area contributed by atoms with Crippen molar-refractivity contribution in [2.45, 2.75) is 19.3 Å². The van der Waals surface area contributed by atoms with Gasteiger partial charge in [-0.15, -0.1) is 0 Å². The fraction of sp³-hybridized carbons (Fsp3) is 0.458. The second kappa shape index (κ2) is 11.0. The van der Waals surface area contributed by atoms with Gasteiger partial charge in [-0.2, -0.15) is 0 Å². The van der Waals surface area contributed by atoms with Gasteiger partial charge in [0, 0.05) is 32.7 Å². The Hall–Kier alpha value is -2.80. The summed E-state index contributed by atoms with van der Waals surface area (Å²) in [4.78, 5) is 16.9. The largest absolute Gasteiger partial charge is 0.497 e. The minimum Gasteiger partial charge on any atom is -0.497 e. The number of carbonyl (C=O) groups excluding carboxylic acids is 1. The summed E-state index contributed by atoms with van der Waals surface area (Å²) < 4.78 is 23.7.